The molecule has 0 saturated heterocycles. The lowest BCUT2D eigenvalue weighted by Crippen LogP contribution is -2.18. The van der Waals surface area contributed by atoms with Crippen LogP contribution in [0.15, 0.2) is 6.07 Å². The van der Waals surface area contributed by atoms with Crippen LogP contribution in [0.25, 0.3) is 0 Å². The molecule has 0 spiro atoms. The van der Waals surface area contributed by atoms with E-state index in [0.717, 1.165) is 18.7 Å². The Labute approximate surface area is 99.0 Å². The summed E-state index contributed by atoms with van der Waals surface area (Å²) in [4.78, 5) is 0. The van der Waals surface area contributed by atoms with Gasteiger partial charge in [0.2, 0.25) is 0 Å². The molecule has 0 aliphatic carbocycles. The Morgan fingerprint density at radius 2 is 2.12 bits per heavy atom. The van der Waals surface area contributed by atoms with Gasteiger partial charge in [-0.2, -0.15) is 5.10 Å². The molecule has 0 radical (unpaired) electrons. The van der Waals surface area contributed by atoms with Crippen LogP contribution in [0.4, 0.5) is 0 Å². The summed E-state index contributed by atoms with van der Waals surface area (Å²) in [7, 11) is 0. The highest BCUT2D eigenvalue weighted by molar-refractivity contribution is 5.12. The fourth-order valence-electron chi connectivity index (χ4n) is 2.28. The van der Waals surface area contributed by atoms with Gasteiger partial charge < -0.3 is 5.73 Å². The van der Waals surface area contributed by atoms with Gasteiger partial charge in [0.1, 0.15) is 0 Å². The molecule has 3 nitrogen and oxygen atoms in total. The van der Waals surface area contributed by atoms with Gasteiger partial charge in [-0.05, 0) is 32.3 Å². The molecule has 2 N–H and O–H groups in total. The van der Waals surface area contributed by atoms with E-state index in [4.69, 9.17) is 5.73 Å². The topological polar surface area (TPSA) is 43.8 Å². The quantitative estimate of drug-likeness (QED) is 0.805. The van der Waals surface area contributed by atoms with Crippen LogP contribution in [0.5, 0.6) is 0 Å². The third-order valence-corrected chi connectivity index (χ3v) is 3.05. The minimum absolute atomic E-state index is 0.127. The Hall–Kier alpha value is -0.830. The first-order valence-corrected chi connectivity index (χ1v) is 6.38. The van der Waals surface area contributed by atoms with Gasteiger partial charge >= 0.3 is 0 Å². The van der Waals surface area contributed by atoms with E-state index in [9.17, 15) is 0 Å². The number of hydrogen-bond acceptors (Lipinski definition) is 2. The average Bonchev–Trinajstić information content (AvgIpc) is 2.59. The number of hydrogen-bond donors (Lipinski definition) is 1. The second-order valence-corrected chi connectivity index (χ2v) is 4.76. The van der Waals surface area contributed by atoms with Crippen LogP contribution in [0.2, 0.25) is 0 Å². The minimum atomic E-state index is 0.127. The third-order valence-electron chi connectivity index (χ3n) is 3.05. The van der Waals surface area contributed by atoms with E-state index in [0.29, 0.717) is 5.92 Å². The summed E-state index contributed by atoms with van der Waals surface area (Å²) in [5, 5.41) is 4.44. The van der Waals surface area contributed by atoms with E-state index < -0.39 is 0 Å². The largest absolute Gasteiger partial charge is 0.323 e. The molecule has 1 aromatic rings. The fourth-order valence-corrected chi connectivity index (χ4v) is 2.28. The van der Waals surface area contributed by atoms with Crippen LogP contribution >= 0.6 is 0 Å². The predicted molar refractivity (Wildman–Crippen MR) is 68.3 cm³/mol. The first-order chi connectivity index (χ1) is 7.58. The molecule has 0 bridgehead atoms. The zero-order valence-electron chi connectivity index (χ0n) is 11.0. The molecular formula is C13H25N3. The first kappa shape index (κ1) is 13.2. The Bertz CT molecular complexity index is 317. The second-order valence-electron chi connectivity index (χ2n) is 4.76. The molecule has 0 amide bonds. The molecule has 2 atom stereocenters. The lowest BCUT2D eigenvalue weighted by atomic mass is 9.96. The van der Waals surface area contributed by atoms with Crippen molar-refractivity contribution in [2.75, 3.05) is 0 Å². The van der Waals surface area contributed by atoms with Gasteiger partial charge in [0.25, 0.3) is 0 Å². The predicted octanol–water partition coefficient (Wildman–Crippen LogP) is 3.04. The molecule has 3 heteroatoms. The number of rotatable bonds is 6. The highest BCUT2D eigenvalue weighted by atomic mass is 15.3. The van der Waals surface area contributed by atoms with Gasteiger partial charge in [-0.1, -0.05) is 26.7 Å². The smallest absolute Gasteiger partial charge is 0.0597 e. The molecule has 0 aliphatic heterocycles. The molecule has 0 fully saturated rings. The summed E-state index contributed by atoms with van der Waals surface area (Å²) >= 11 is 0. The number of aromatic nitrogens is 2. The Balaban J connectivity index is 2.67. The Kier molecular flexibility index (Phi) is 5.00. The van der Waals surface area contributed by atoms with Gasteiger partial charge in [-0.15, -0.1) is 0 Å². The van der Waals surface area contributed by atoms with Crippen molar-refractivity contribution in [3.05, 3.63) is 17.5 Å². The molecule has 0 aromatic carbocycles. The van der Waals surface area contributed by atoms with Crippen molar-refractivity contribution in [2.45, 2.75) is 59.5 Å². The highest BCUT2D eigenvalue weighted by Gasteiger charge is 2.15. The fraction of sp³-hybridized carbons (Fsp3) is 0.769. The monoisotopic (exact) mass is 223 g/mol. The summed E-state index contributed by atoms with van der Waals surface area (Å²) in [6, 6.07) is 2.25. The van der Waals surface area contributed by atoms with Crippen LogP contribution < -0.4 is 5.73 Å². The van der Waals surface area contributed by atoms with E-state index in [2.05, 4.69) is 31.9 Å². The SMILES string of the molecule is CCCC(C)CC(N)c1cc(C)nn1CC. The highest BCUT2D eigenvalue weighted by Crippen LogP contribution is 2.22. The summed E-state index contributed by atoms with van der Waals surface area (Å²) < 4.78 is 2.03. The van der Waals surface area contributed by atoms with Crippen molar-refractivity contribution in [3.63, 3.8) is 0 Å². The third kappa shape index (κ3) is 3.34. The molecule has 1 rings (SSSR count). The zero-order valence-corrected chi connectivity index (χ0v) is 11.0. The maximum absolute atomic E-state index is 6.26. The summed E-state index contributed by atoms with van der Waals surface area (Å²) in [6.07, 6.45) is 3.55. The minimum Gasteiger partial charge on any atom is -0.323 e. The Morgan fingerprint density at radius 1 is 1.44 bits per heavy atom. The van der Waals surface area contributed by atoms with Crippen LogP contribution in [0.3, 0.4) is 0 Å². The number of nitrogens with zero attached hydrogens (tertiary/aromatic N) is 2. The van der Waals surface area contributed by atoms with Gasteiger partial charge in [-0.3, -0.25) is 4.68 Å². The van der Waals surface area contributed by atoms with E-state index in [1.165, 1.54) is 18.5 Å². The van der Waals surface area contributed by atoms with Crippen molar-refractivity contribution < 1.29 is 0 Å². The van der Waals surface area contributed by atoms with Gasteiger partial charge in [-0.25, -0.2) is 0 Å². The van der Waals surface area contributed by atoms with Crippen molar-refractivity contribution in [3.8, 4) is 0 Å². The molecule has 0 saturated carbocycles. The van der Waals surface area contributed by atoms with E-state index >= 15 is 0 Å². The molecule has 1 heterocycles. The van der Waals surface area contributed by atoms with E-state index in [-0.39, 0.29) is 6.04 Å². The lowest BCUT2D eigenvalue weighted by molar-refractivity contribution is 0.423. The lowest BCUT2D eigenvalue weighted by Gasteiger charge is -2.17. The van der Waals surface area contributed by atoms with Crippen molar-refractivity contribution >= 4 is 0 Å². The van der Waals surface area contributed by atoms with E-state index in [1.807, 2.05) is 11.6 Å². The molecule has 92 valence electrons. The molecule has 0 aliphatic rings. The van der Waals surface area contributed by atoms with Crippen LogP contribution in [0.1, 0.15) is 57.5 Å². The summed E-state index contributed by atoms with van der Waals surface area (Å²) in [6.45, 7) is 9.54. The summed E-state index contributed by atoms with van der Waals surface area (Å²) in [5.41, 5.74) is 8.50. The maximum Gasteiger partial charge on any atom is 0.0597 e. The first-order valence-electron chi connectivity index (χ1n) is 6.38. The summed E-state index contributed by atoms with van der Waals surface area (Å²) in [5.74, 6) is 0.695. The normalized spacial score (nSPS) is 15.1. The van der Waals surface area contributed by atoms with Gasteiger partial charge in [0.05, 0.1) is 11.4 Å². The number of nitrogens with two attached hydrogens (primary N) is 1. The van der Waals surface area contributed by atoms with Gasteiger partial charge in [0, 0.05) is 12.6 Å². The molecular weight excluding hydrogens is 198 g/mol. The molecule has 2 unspecified atom stereocenters. The van der Waals surface area contributed by atoms with Crippen LogP contribution in [-0.4, -0.2) is 9.78 Å². The van der Waals surface area contributed by atoms with Gasteiger partial charge in [0.15, 0.2) is 0 Å². The second kappa shape index (κ2) is 6.04. The van der Waals surface area contributed by atoms with Crippen molar-refractivity contribution in [2.24, 2.45) is 11.7 Å². The Morgan fingerprint density at radius 3 is 2.69 bits per heavy atom. The molecule has 1 aromatic heterocycles. The standard InChI is InChI=1S/C13H25N3/c1-5-7-10(3)8-12(14)13-9-11(4)15-16(13)6-2/h9-10,12H,5-8,14H2,1-4H3. The average molecular weight is 223 g/mol. The zero-order chi connectivity index (χ0) is 12.1. The maximum atomic E-state index is 6.26. The van der Waals surface area contributed by atoms with E-state index in [1.54, 1.807) is 0 Å². The molecule has 16 heavy (non-hydrogen) atoms. The van der Waals surface area contributed by atoms with Crippen molar-refractivity contribution in [1.82, 2.24) is 9.78 Å². The number of aryl methyl sites for hydroxylation is 2. The van der Waals surface area contributed by atoms with Crippen LogP contribution in [-0.2, 0) is 6.54 Å². The van der Waals surface area contributed by atoms with Crippen molar-refractivity contribution in [1.29, 1.82) is 0 Å². The van der Waals surface area contributed by atoms with Crippen LogP contribution in [0, 0.1) is 12.8 Å².